The van der Waals surface area contributed by atoms with Crippen LogP contribution >= 0.6 is 0 Å². The first-order valence-corrected chi connectivity index (χ1v) is 5.32. The summed E-state index contributed by atoms with van der Waals surface area (Å²) in [6, 6.07) is 0.306. The van der Waals surface area contributed by atoms with Crippen molar-refractivity contribution in [1.82, 2.24) is 20.1 Å². The van der Waals surface area contributed by atoms with Gasteiger partial charge in [-0.2, -0.15) is 4.98 Å². The van der Waals surface area contributed by atoms with Crippen LogP contribution < -0.4 is 11.1 Å². The van der Waals surface area contributed by atoms with Crippen LogP contribution in [0.4, 0.5) is 11.9 Å². The molecule has 0 bridgehead atoms. The van der Waals surface area contributed by atoms with Crippen molar-refractivity contribution in [2.24, 2.45) is 0 Å². The molecule has 0 aliphatic carbocycles. The fourth-order valence-electron chi connectivity index (χ4n) is 1.47. The molecule has 0 aliphatic heterocycles. The molecule has 0 fully saturated rings. The van der Waals surface area contributed by atoms with Gasteiger partial charge < -0.3 is 16.0 Å². The van der Waals surface area contributed by atoms with Gasteiger partial charge >= 0.3 is 0 Å². The van der Waals surface area contributed by atoms with Crippen LogP contribution in [0, 0.1) is 0 Å². The molecule has 0 aromatic carbocycles. The number of nitrogens with zero attached hydrogens (tertiary/aromatic N) is 3. The zero-order valence-electron chi connectivity index (χ0n) is 9.62. The molecule has 1 aromatic heterocycles. The zero-order chi connectivity index (χ0) is 11.3. The molecule has 4 N–H and O–H groups in total. The van der Waals surface area contributed by atoms with E-state index in [1.54, 1.807) is 0 Å². The van der Waals surface area contributed by atoms with Crippen LogP contribution in [-0.4, -0.2) is 45.8 Å². The lowest BCUT2D eigenvalue weighted by Crippen LogP contribution is -2.35. The summed E-state index contributed by atoms with van der Waals surface area (Å²) in [5.41, 5.74) is 5.43. The Bertz CT molecular complexity index is 280. The monoisotopic (exact) mass is 212 g/mol. The molecule has 1 heterocycles. The van der Waals surface area contributed by atoms with Crippen LogP contribution in [0.5, 0.6) is 0 Å². The largest absolute Gasteiger partial charge is 0.368 e. The van der Waals surface area contributed by atoms with Crippen molar-refractivity contribution in [3.05, 3.63) is 0 Å². The normalized spacial score (nSPS) is 13.1. The number of nitrogen functional groups attached to an aromatic ring is 1. The summed E-state index contributed by atoms with van der Waals surface area (Å²) >= 11 is 0. The number of aromatic amines is 1. The third-order valence-electron chi connectivity index (χ3n) is 2.30. The third kappa shape index (κ3) is 3.75. The van der Waals surface area contributed by atoms with E-state index in [1.807, 2.05) is 0 Å². The summed E-state index contributed by atoms with van der Waals surface area (Å²) in [6.07, 6.45) is 0. The topological polar surface area (TPSA) is 82.9 Å². The molecule has 1 atom stereocenters. The number of rotatable bonds is 6. The maximum Gasteiger partial charge on any atom is 0.243 e. The van der Waals surface area contributed by atoms with E-state index in [-0.39, 0.29) is 0 Å². The van der Waals surface area contributed by atoms with Gasteiger partial charge in [0.25, 0.3) is 0 Å². The minimum atomic E-state index is 0.306. The molecule has 0 saturated carbocycles. The number of aromatic nitrogens is 3. The van der Waals surface area contributed by atoms with Gasteiger partial charge in [0.1, 0.15) is 0 Å². The average Bonchev–Trinajstić information content (AvgIpc) is 2.60. The first-order chi connectivity index (χ1) is 7.15. The highest BCUT2D eigenvalue weighted by Gasteiger charge is 2.08. The molecule has 15 heavy (non-hydrogen) atoms. The van der Waals surface area contributed by atoms with Crippen LogP contribution in [0.15, 0.2) is 0 Å². The van der Waals surface area contributed by atoms with Crippen molar-refractivity contribution < 1.29 is 0 Å². The molecule has 6 heteroatoms. The van der Waals surface area contributed by atoms with E-state index in [4.69, 9.17) is 5.73 Å². The minimum absolute atomic E-state index is 0.306. The predicted molar refractivity (Wildman–Crippen MR) is 61.7 cm³/mol. The lowest BCUT2D eigenvalue weighted by Gasteiger charge is -2.22. The summed E-state index contributed by atoms with van der Waals surface area (Å²) in [6.45, 7) is 9.49. The Labute approximate surface area is 90.3 Å². The summed E-state index contributed by atoms with van der Waals surface area (Å²) in [5.74, 6) is 0.902. The van der Waals surface area contributed by atoms with Crippen molar-refractivity contribution in [1.29, 1.82) is 0 Å². The number of hydrogen-bond donors (Lipinski definition) is 3. The predicted octanol–water partition coefficient (Wildman–Crippen LogP) is 0.529. The maximum atomic E-state index is 5.43. The van der Waals surface area contributed by atoms with Gasteiger partial charge in [0.2, 0.25) is 11.9 Å². The molecule has 0 radical (unpaired) electrons. The Kier molecular flexibility index (Phi) is 4.36. The Morgan fingerprint density at radius 1 is 1.47 bits per heavy atom. The second kappa shape index (κ2) is 5.55. The molecule has 0 saturated heterocycles. The van der Waals surface area contributed by atoms with E-state index in [9.17, 15) is 0 Å². The summed E-state index contributed by atoms with van der Waals surface area (Å²) < 4.78 is 0. The zero-order valence-corrected chi connectivity index (χ0v) is 9.62. The highest BCUT2D eigenvalue weighted by atomic mass is 15.3. The van der Waals surface area contributed by atoms with E-state index in [0.29, 0.717) is 17.9 Å². The van der Waals surface area contributed by atoms with Gasteiger partial charge in [-0.15, -0.1) is 5.10 Å². The van der Waals surface area contributed by atoms with Gasteiger partial charge in [-0.3, -0.25) is 0 Å². The van der Waals surface area contributed by atoms with Crippen LogP contribution in [-0.2, 0) is 0 Å². The van der Waals surface area contributed by atoms with Crippen LogP contribution in [0.25, 0.3) is 0 Å². The fraction of sp³-hybridized carbons (Fsp3) is 0.778. The Hall–Kier alpha value is -1.30. The molecule has 1 aromatic rings. The molecule has 0 amide bonds. The van der Waals surface area contributed by atoms with Gasteiger partial charge in [0, 0.05) is 12.6 Å². The van der Waals surface area contributed by atoms with Crippen LogP contribution in [0.2, 0.25) is 0 Å². The molecule has 1 rings (SSSR count). The van der Waals surface area contributed by atoms with Crippen molar-refractivity contribution >= 4 is 11.9 Å². The van der Waals surface area contributed by atoms with E-state index in [1.165, 1.54) is 0 Å². The summed E-state index contributed by atoms with van der Waals surface area (Å²) in [5, 5.41) is 9.71. The van der Waals surface area contributed by atoms with E-state index < -0.39 is 0 Å². The molecule has 0 spiro atoms. The molecular weight excluding hydrogens is 192 g/mol. The molecule has 1 unspecified atom stereocenters. The molecule has 86 valence electrons. The number of H-pyrrole nitrogens is 1. The van der Waals surface area contributed by atoms with Crippen molar-refractivity contribution in [3.8, 4) is 0 Å². The molecule has 6 nitrogen and oxygen atoms in total. The van der Waals surface area contributed by atoms with Crippen LogP contribution in [0.1, 0.15) is 20.8 Å². The average molecular weight is 212 g/mol. The van der Waals surface area contributed by atoms with Gasteiger partial charge in [-0.25, -0.2) is 5.10 Å². The number of hydrogen-bond acceptors (Lipinski definition) is 5. The number of anilines is 2. The third-order valence-corrected chi connectivity index (χ3v) is 2.30. The highest BCUT2D eigenvalue weighted by molar-refractivity contribution is 5.30. The standard InChI is InChI=1S/C9H20N6/c1-4-15(5-2)6-7(3)11-9-12-8(10)13-14-9/h7H,4-6H2,1-3H3,(H4,10,11,12,13,14). The van der Waals surface area contributed by atoms with E-state index in [2.05, 4.69) is 46.2 Å². The van der Waals surface area contributed by atoms with Gasteiger partial charge in [0.05, 0.1) is 0 Å². The van der Waals surface area contributed by atoms with E-state index in [0.717, 1.165) is 19.6 Å². The Morgan fingerprint density at radius 3 is 2.60 bits per heavy atom. The quantitative estimate of drug-likeness (QED) is 0.640. The second-order valence-electron chi connectivity index (χ2n) is 3.58. The number of nitrogens with two attached hydrogens (primary N) is 1. The SMILES string of the molecule is CCN(CC)CC(C)Nc1n[nH]c(N)n1. The van der Waals surface area contributed by atoms with Gasteiger partial charge in [0.15, 0.2) is 0 Å². The smallest absolute Gasteiger partial charge is 0.243 e. The van der Waals surface area contributed by atoms with Gasteiger partial charge in [-0.1, -0.05) is 13.8 Å². The first-order valence-electron chi connectivity index (χ1n) is 5.32. The number of nitrogens with one attached hydrogen (secondary N) is 2. The summed E-state index contributed by atoms with van der Waals surface area (Å²) in [4.78, 5) is 6.33. The minimum Gasteiger partial charge on any atom is -0.368 e. The highest BCUT2D eigenvalue weighted by Crippen LogP contribution is 2.02. The Balaban J connectivity index is 2.38. The fourth-order valence-corrected chi connectivity index (χ4v) is 1.47. The molecular formula is C9H20N6. The van der Waals surface area contributed by atoms with Crippen molar-refractivity contribution in [2.75, 3.05) is 30.7 Å². The first kappa shape index (κ1) is 11.8. The second-order valence-corrected chi connectivity index (χ2v) is 3.58. The number of likely N-dealkylation sites (N-methyl/N-ethyl adjacent to an activating group) is 1. The maximum absolute atomic E-state index is 5.43. The van der Waals surface area contributed by atoms with Crippen LogP contribution in [0.3, 0.4) is 0 Å². The summed E-state index contributed by atoms with van der Waals surface area (Å²) in [7, 11) is 0. The molecule has 0 aliphatic rings. The lowest BCUT2D eigenvalue weighted by atomic mass is 10.3. The van der Waals surface area contributed by atoms with E-state index >= 15 is 0 Å². The van der Waals surface area contributed by atoms with Gasteiger partial charge in [-0.05, 0) is 20.0 Å². The lowest BCUT2D eigenvalue weighted by molar-refractivity contribution is 0.294. The Morgan fingerprint density at radius 2 is 2.13 bits per heavy atom. The van der Waals surface area contributed by atoms with Crippen molar-refractivity contribution in [2.45, 2.75) is 26.8 Å². The van der Waals surface area contributed by atoms with Crippen molar-refractivity contribution in [3.63, 3.8) is 0 Å².